The topological polar surface area (TPSA) is 49.4 Å². The third-order valence-electron chi connectivity index (χ3n) is 4.70. The predicted octanol–water partition coefficient (Wildman–Crippen LogP) is 1.44. The Labute approximate surface area is 119 Å². The van der Waals surface area contributed by atoms with Gasteiger partial charge in [-0.05, 0) is 44.4 Å². The van der Waals surface area contributed by atoms with Gasteiger partial charge < -0.3 is 5.32 Å². The Bertz CT molecular complexity index is 630. The Hall–Kier alpha value is -0.980. The smallest absolute Gasteiger partial charge is 0.246 e. The molecular formula is C14H19FN2O2S. The largest absolute Gasteiger partial charge is 0.316 e. The van der Waals surface area contributed by atoms with Crippen molar-refractivity contribution < 1.29 is 12.8 Å². The van der Waals surface area contributed by atoms with Gasteiger partial charge in [0.15, 0.2) is 0 Å². The van der Waals surface area contributed by atoms with Gasteiger partial charge >= 0.3 is 0 Å². The molecule has 2 aliphatic rings. The summed E-state index contributed by atoms with van der Waals surface area (Å²) in [6, 6.07) is 5.59. The fraction of sp³-hybridized carbons (Fsp3) is 0.571. The Balaban J connectivity index is 2.03. The monoisotopic (exact) mass is 298 g/mol. The van der Waals surface area contributed by atoms with Crippen molar-refractivity contribution in [1.29, 1.82) is 0 Å². The molecule has 1 N–H and O–H groups in total. The van der Waals surface area contributed by atoms with Gasteiger partial charge in [-0.2, -0.15) is 4.31 Å². The molecule has 0 spiro atoms. The molecule has 4 nitrogen and oxygen atoms in total. The van der Waals surface area contributed by atoms with Crippen molar-refractivity contribution in [3.05, 3.63) is 30.1 Å². The fourth-order valence-corrected chi connectivity index (χ4v) is 5.51. The molecule has 2 fully saturated rings. The van der Waals surface area contributed by atoms with Crippen LogP contribution in [0.4, 0.5) is 4.39 Å². The van der Waals surface area contributed by atoms with Crippen molar-refractivity contribution in [2.45, 2.75) is 24.3 Å². The highest BCUT2D eigenvalue weighted by Crippen LogP contribution is 2.43. The van der Waals surface area contributed by atoms with E-state index in [0.717, 1.165) is 13.1 Å². The van der Waals surface area contributed by atoms with Crippen LogP contribution in [0.3, 0.4) is 0 Å². The molecule has 2 heterocycles. The van der Waals surface area contributed by atoms with E-state index in [9.17, 15) is 12.8 Å². The van der Waals surface area contributed by atoms with Crippen LogP contribution in [0.5, 0.6) is 0 Å². The van der Waals surface area contributed by atoms with Crippen LogP contribution in [0.1, 0.15) is 13.8 Å². The molecule has 2 atom stereocenters. The molecule has 0 aromatic heterocycles. The summed E-state index contributed by atoms with van der Waals surface area (Å²) in [4.78, 5) is -0.221. The van der Waals surface area contributed by atoms with E-state index in [-0.39, 0.29) is 10.8 Å². The lowest BCUT2D eigenvalue weighted by Crippen LogP contribution is -2.47. The Morgan fingerprint density at radius 1 is 1.30 bits per heavy atom. The van der Waals surface area contributed by atoms with Gasteiger partial charge in [-0.15, -0.1) is 0 Å². The lowest BCUT2D eigenvalue weighted by Gasteiger charge is -2.34. The minimum absolute atomic E-state index is 0.221. The molecule has 2 saturated heterocycles. The summed E-state index contributed by atoms with van der Waals surface area (Å²) in [6.07, 6.45) is 0. The second-order valence-corrected chi connectivity index (χ2v) is 7.98. The lowest BCUT2D eigenvalue weighted by atomic mass is 9.85. The summed E-state index contributed by atoms with van der Waals surface area (Å²) in [5, 5.41) is 3.31. The van der Waals surface area contributed by atoms with Gasteiger partial charge in [-0.3, -0.25) is 0 Å². The molecule has 0 aliphatic carbocycles. The number of sulfonamides is 1. The van der Waals surface area contributed by atoms with Crippen LogP contribution in [0.2, 0.25) is 0 Å². The maximum atomic E-state index is 13.9. The Morgan fingerprint density at radius 3 is 2.65 bits per heavy atom. The van der Waals surface area contributed by atoms with E-state index in [2.05, 4.69) is 5.32 Å². The molecule has 6 heteroatoms. The molecule has 2 unspecified atom stereocenters. The highest BCUT2D eigenvalue weighted by Gasteiger charge is 2.54. The third-order valence-corrected chi connectivity index (χ3v) is 6.78. The van der Waals surface area contributed by atoms with E-state index >= 15 is 0 Å². The zero-order chi connectivity index (χ0) is 14.5. The summed E-state index contributed by atoms with van der Waals surface area (Å²) < 4.78 is 40.9. The molecule has 1 aromatic carbocycles. The fourth-order valence-electron chi connectivity index (χ4n) is 3.57. The van der Waals surface area contributed by atoms with Gasteiger partial charge in [0, 0.05) is 18.6 Å². The summed E-state index contributed by atoms with van der Waals surface area (Å²) in [5.41, 5.74) is -0.491. The van der Waals surface area contributed by atoms with E-state index in [1.54, 1.807) is 6.07 Å². The first-order valence-electron chi connectivity index (χ1n) is 6.83. The van der Waals surface area contributed by atoms with Gasteiger partial charge in [-0.1, -0.05) is 12.1 Å². The highest BCUT2D eigenvalue weighted by atomic mass is 32.2. The molecule has 2 aliphatic heterocycles. The summed E-state index contributed by atoms with van der Waals surface area (Å²) >= 11 is 0. The van der Waals surface area contributed by atoms with E-state index in [4.69, 9.17) is 0 Å². The van der Waals surface area contributed by atoms with Crippen LogP contribution >= 0.6 is 0 Å². The van der Waals surface area contributed by atoms with Crippen molar-refractivity contribution in [1.82, 2.24) is 9.62 Å². The van der Waals surface area contributed by atoms with Gasteiger partial charge in [0.05, 0.1) is 0 Å². The third kappa shape index (κ3) is 1.89. The maximum absolute atomic E-state index is 13.9. The van der Waals surface area contributed by atoms with Crippen molar-refractivity contribution in [3.8, 4) is 0 Å². The minimum Gasteiger partial charge on any atom is -0.316 e. The van der Waals surface area contributed by atoms with E-state index in [1.165, 1.54) is 22.5 Å². The number of hydrogen-bond donors (Lipinski definition) is 1. The molecule has 0 saturated carbocycles. The number of hydrogen-bond acceptors (Lipinski definition) is 3. The molecule has 0 amide bonds. The second-order valence-electron chi connectivity index (χ2n) is 6.15. The average Bonchev–Trinajstić information content (AvgIpc) is 2.92. The van der Waals surface area contributed by atoms with E-state index in [1.807, 2.05) is 13.8 Å². The SMILES string of the molecule is CC1(C)C2CNCC2CN1S(=O)(=O)c1ccccc1F. The van der Waals surface area contributed by atoms with Gasteiger partial charge in [0.25, 0.3) is 0 Å². The predicted molar refractivity (Wildman–Crippen MR) is 74.2 cm³/mol. The molecular weight excluding hydrogens is 279 g/mol. The summed E-state index contributed by atoms with van der Waals surface area (Å²) in [6.45, 7) is 5.98. The van der Waals surface area contributed by atoms with Gasteiger partial charge in [-0.25, -0.2) is 12.8 Å². The van der Waals surface area contributed by atoms with E-state index < -0.39 is 21.4 Å². The maximum Gasteiger partial charge on any atom is 0.246 e. The first-order chi connectivity index (χ1) is 9.35. The first kappa shape index (κ1) is 14.0. The zero-order valence-corrected chi connectivity index (χ0v) is 12.5. The van der Waals surface area contributed by atoms with Crippen LogP contribution in [0, 0.1) is 17.7 Å². The number of nitrogens with zero attached hydrogens (tertiary/aromatic N) is 1. The Kier molecular flexibility index (Phi) is 3.15. The van der Waals surface area contributed by atoms with Crippen molar-refractivity contribution in [2.75, 3.05) is 19.6 Å². The number of halogens is 1. The zero-order valence-electron chi connectivity index (χ0n) is 11.6. The first-order valence-corrected chi connectivity index (χ1v) is 8.27. The number of nitrogens with one attached hydrogen (secondary N) is 1. The van der Waals surface area contributed by atoms with Gasteiger partial charge in [0.1, 0.15) is 10.7 Å². The van der Waals surface area contributed by atoms with Crippen LogP contribution in [0.25, 0.3) is 0 Å². The number of fused-ring (bicyclic) bond motifs is 1. The summed E-state index contributed by atoms with van der Waals surface area (Å²) in [7, 11) is -3.79. The quantitative estimate of drug-likeness (QED) is 0.899. The van der Waals surface area contributed by atoms with Crippen molar-refractivity contribution in [3.63, 3.8) is 0 Å². The molecule has 20 heavy (non-hydrogen) atoms. The van der Waals surface area contributed by atoms with Crippen LogP contribution in [-0.2, 0) is 10.0 Å². The molecule has 110 valence electrons. The van der Waals surface area contributed by atoms with Crippen molar-refractivity contribution >= 4 is 10.0 Å². The summed E-state index contributed by atoms with van der Waals surface area (Å²) in [5.74, 6) is -0.0888. The molecule has 0 radical (unpaired) electrons. The van der Waals surface area contributed by atoms with Crippen LogP contribution in [-0.4, -0.2) is 37.9 Å². The number of rotatable bonds is 2. The standard InChI is InChI=1S/C14H19FN2O2S/c1-14(2)11-8-16-7-10(11)9-17(14)20(18,19)13-6-4-3-5-12(13)15/h3-6,10-11,16H,7-9H2,1-2H3. The minimum atomic E-state index is -3.79. The van der Waals surface area contributed by atoms with E-state index in [0.29, 0.717) is 12.5 Å². The average molecular weight is 298 g/mol. The second kappa shape index (κ2) is 4.51. The van der Waals surface area contributed by atoms with Crippen molar-refractivity contribution in [2.24, 2.45) is 11.8 Å². The normalized spacial score (nSPS) is 29.6. The Morgan fingerprint density at radius 2 is 2.00 bits per heavy atom. The van der Waals surface area contributed by atoms with Crippen LogP contribution in [0.15, 0.2) is 29.2 Å². The molecule has 1 aromatic rings. The lowest BCUT2D eigenvalue weighted by molar-refractivity contribution is 0.232. The molecule has 0 bridgehead atoms. The highest BCUT2D eigenvalue weighted by molar-refractivity contribution is 7.89. The van der Waals surface area contributed by atoms with Gasteiger partial charge in [0.2, 0.25) is 10.0 Å². The van der Waals surface area contributed by atoms with Crippen LogP contribution < -0.4 is 5.32 Å². The number of benzene rings is 1. The molecule has 3 rings (SSSR count).